The summed E-state index contributed by atoms with van der Waals surface area (Å²) < 4.78 is 7.43. The molecule has 1 fully saturated rings. The van der Waals surface area contributed by atoms with Crippen LogP contribution in [0.3, 0.4) is 0 Å². The van der Waals surface area contributed by atoms with Crippen molar-refractivity contribution in [2.45, 2.75) is 13.0 Å². The van der Waals surface area contributed by atoms with E-state index < -0.39 is 0 Å². The Morgan fingerprint density at radius 3 is 2.96 bits per heavy atom. The van der Waals surface area contributed by atoms with Gasteiger partial charge in [0.1, 0.15) is 11.8 Å². The molecule has 7 heteroatoms. The average Bonchev–Trinajstić information content (AvgIpc) is 2.99. The summed E-state index contributed by atoms with van der Waals surface area (Å²) in [6.45, 7) is 3.51. The van der Waals surface area contributed by atoms with E-state index in [0.29, 0.717) is 25.4 Å². The van der Waals surface area contributed by atoms with Crippen molar-refractivity contribution in [2.24, 2.45) is 7.05 Å². The third kappa shape index (κ3) is 3.19. The zero-order valence-electron chi connectivity index (χ0n) is 13.6. The van der Waals surface area contributed by atoms with E-state index in [-0.39, 0.29) is 12.0 Å². The average molecular weight is 315 g/mol. The van der Waals surface area contributed by atoms with Gasteiger partial charge in [0.15, 0.2) is 0 Å². The monoisotopic (exact) mass is 315 g/mol. The van der Waals surface area contributed by atoms with Crippen LogP contribution in [0, 0.1) is 6.92 Å². The summed E-state index contributed by atoms with van der Waals surface area (Å²) in [5.41, 5.74) is 3.34. The highest BCUT2D eigenvalue weighted by Gasteiger charge is 2.28. The molecule has 0 aliphatic carbocycles. The number of carbonyl (C=O) groups is 1. The van der Waals surface area contributed by atoms with Crippen molar-refractivity contribution in [3.8, 4) is 0 Å². The van der Waals surface area contributed by atoms with Crippen LogP contribution < -0.4 is 5.32 Å². The smallest absolute Gasteiger partial charge is 0.272 e. The first-order chi connectivity index (χ1) is 11.1. The second-order valence-corrected chi connectivity index (χ2v) is 5.62. The zero-order valence-corrected chi connectivity index (χ0v) is 13.6. The molecule has 2 aromatic heterocycles. The van der Waals surface area contributed by atoms with Crippen LogP contribution in [0.4, 0.5) is 5.69 Å². The molecule has 0 radical (unpaired) electrons. The van der Waals surface area contributed by atoms with E-state index in [2.05, 4.69) is 15.4 Å². The standard InChI is InChI=1S/C16H21N5O2/c1-11-8-12(17-2)9-13(19-11)15-10-21(6-7-23-15)16(22)14-4-5-18-20(14)3/h4-5,8-9,15H,6-7,10H2,1-3H3,(H,17,19). The molecule has 1 saturated heterocycles. The highest BCUT2D eigenvalue weighted by Crippen LogP contribution is 2.24. The molecule has 1 unspecified atom stereocenters. The fourth-order valence-electron chi connectivity index (χ4n) is 2.76. The number of amides is 1. The normalized spacial score (nSPS) is 18.0. The molecule has 0 saturated carbocycles. The summed E-state index contributed by atoms with van der Waals surface area (Å²) in [5.74, 6) is -0.0280. The number of morpholine rings is 1. The number of hydrogen-bond donors (Lipinski definition) is 1. The maximum Gasteiger partial charge on any atom is 0.272 e. The van der Waals surface area contributed by atoms with Crippen molar-refractivity contribution < 1.29 is 9.53 Å². The van der Waals surface area contributed by atoms with Crippen LogP contribution in [0.25, 0.3) is 0 Å². The van der Waals surface area contributed by atoms with Gasteiger partial charge >= 0.3 is 0 Å². The molecule has 0 aromatic carbocycles. The van der Waals surface area contributed by atoms with Crippen molar-refractivity contribution in [1.82, 2.24) is 19.7 Å². The van der Waals surface area contributed by atoms with Crippen molar-refractivity contribution in [1.29, 1.82) is 0 Å². The topological polar surface area (TPSA) is 72.3 Å². The van der Waals surface area contributed by atoms with Gasteiger partial charge in [-0.1, -0.05) is 0 Å². The Hall–Kier alpha value is -2.41. The van der Waals surface area contributed by atoms with Crippen LogP contribution in [-0.2, 0) is 11.8 Å². The van der Waals surface area contributed by atoms with Gasteiger partial charge in [0.2, 0.25) is 0 Å². The minimum Gasteiger partial charge on any atom is -0.388 e. The second kappa shape index (κ2) is 6.37. The number of ether oxygens (including phenoxy) is 1. The summed E-state index contributed by atoms with van der Waals surface area (Å²) in [6, 6.07) is 5.68. The summed E-state index contributed by atoms with van der Waals surface area (Å²) in [7, 11) is 3.64. The minimum atomic E-state index is -0.215. The lowest BCUT2D eigenvalue weighted by atomic mass is 10.1. The molecule has 1 N–H and O–H groups in total. The SMILES string of the molecule is CNc1cc(C)nc(C2CN(C(=O)c3ccnn3C)CCO2)c1. The minimum absolute atomic E-state index is 0.0280. The van der Waals surface area contributed by atoms with Crippen molar-refractivity contribution in [3.63, 3.8) is 0 Å². The Morgan fingerprint density at radius 1 is 1.43 bits per heavy atom. The summed E-state index contributed by atoms with van der Waals surface area (Å²) in [5, 5.41) is 7.18. The zero-order chi connectivity index (χ0) is 16.4. The fourth-order valence-corrected chi connectivity index (χ4v) is 2.76. The fraction of sp³-hybridized carbons (Fsp3) is 0.438. The van der Waals surface area contributed by atoms with Gasteiger partial charge in [-0.15, -0.1) is 0 Å². The van der Waals surface area contributed by atoms with Crippen LogP contribution >= 0.6 is 0 Å². The molecule has 1 aliphatic rings. The summed E-state index contributed by atoms with van der Waals surface area (Å²) >= 11 is 0. The molecular weight excluding hydrogens is 294 g/mol. The van der Waals surface area contributed by atoms with Gasteiger partial charge in [0, 0.05) is 38.2 Å². The van der Waals surface area contributed by atoms with Crippen LogP contribution in [0.1, 0.15) is 28.0 Å². The molecular formula is C16H21N5O2. The number of pyridine rings is 1. The Labute approximate surface area is 135 Å². The van der Waals surface area contributed by atoms with E-state index in [0.717, 1.165) is 17.1 Å². The summed E-state index contributed by atoms with van der Waals surface area (Å²) in [6.07, 6.45) is 1.42. The highest BCUT2D eigenvalue weighted by molar-refractivity contribution is 5.92. The third-order valence-electron chi connectivity index (χ3n) is 3.99. The van der Waals surface area contributed by atoms with Gasteiger partial charge in [-0.25, -0.2) is 0 Å². The molecule has 23 heavy (non-hydrogen) atoms. The first-order valence-corrected chi connectivity index (χ1v) is 7.63. The third-order valence-corrected chi connectivity index (χ3v) is 3.99. The number of carbonyl (C=O) groups excluding carboxylic acids is 1. The quantitative estimate of drug-likeness (QED) is 0.926. The molecule has 0 spiro atoms. The van der Waals surface area contributed by atoms with E-state index >= 15 is 0 Å². The Morgan fingerprint density at radius 2 is 2.26 bits per heavy atom. The van der Waals surface area contributed by atoms with E-state index in [4.69, 9.17) is 4.74 Å². The number of aryl methyl sites for hydroxylation is 2. The number of aromatic nitrogens is 3. The Kier molecular flexibility index (Phi) is 4.29. The Balaban J connectivity index is 1.80. The molecule has 3 rings (SSSR count). The first kappa shape index (κ1) is 15.5. The molecule has 1 atom stereocenters. The number of hydrogen-bond acceptors (Lipinski definition) is 5. The van der Waals surface area contributed by atoms with Crippen molar-refractivity contribution in [3.05, 3.63) is 41.5 Å². The number of anilines is 1. The lowest BCUT2D eigenvalue weighted by Crippen LogP contribution is -2.43. The molecule has 1 aliphatic heterocycles. The van der Waals surface area contributed by atoms with Gasteiger partial charge < -0.3 is 15.0 Å². The van der Waals surface area contributed by atoms with E-state index in [1.165, 1.54) is 0 Å². The van der Waals surface area contributed by atoms with Crippen LogP contribution in [-0.4, -0.2) is 52.3 Å². The van der Waals surface area contributed by atoms with E-state index in [9.17, 15) is 4.79 Å². The van der Waals surface area contributed by atoms with Crippen LogP contribution in [0.15, 0.2) is 24.4 Å². The second-order valence-electron chi connectivity index (χ2n) is 5.62. The highest BCUT2D eigenvalue weighted by atomic mass is 16.5. The van der Waals surface area contributed by atoms with Crippen LogP contribution in [0.5, 0.6) is 0 Å². The number of nitrogens with one attached hydrogen (secondary N) is 1. The molecule has 2 aromatic rings. The van der Waals surface area contributed by atoms with Crippen molar-refractivity contribution in [2.75, 3.05) is 32.1 Å². The molecule has 122 valence electrons. The largest absolute Gasteiger partial charge is 0.388 e. The molecule has 7 nitrogen and oxygen atoms in total. The van der Waals surface area contributed by atoms with Crippen LogP contribution in [0.2, 0.25) is 0 Å². The first-order valence-electron chi connectivity index (χ1n) is 7.63. The molecule has 1 amide bonds. The predicted octanol–water partition coefficient (Wildman–Crippen LogP) is 1.38. The summed E-state index contributed by atoms with van der Waals surface area (Å²) in [4.78, 5) is 19.0. The maximum absolute atomic E-state index is 12.6. The maximum atomic E-state index is 12.6. The lowest BCUT2D eigenvalue weighted by molar-refractivity contribution is -0.0250. The van der Waals surface area contributed by atoms with E-state index in [1.807, 2.05) is 26.1 Å². The lowest BCUT2D eigenvalue weighted by Gasteiger charge is -2.32. The van der Waals surface area contributed by atoms with Gasteiger partial charge in [-0.05, 0) is 25.1 Å². The molecule has 3 heterocycles. The number of nitrogens with zero attached hydrogens (tertiary/aromatic N) is 4. The van der Waals surface area contributed by atoms with E-state index in [1.54, 1.807) is 28.9 Å². The van der Waals surface area contributed by atoms with Crippen molar-refractivity contribution >= 4 is 11.6 Å². The van der Waals surface area contributed by atoms with Gasteiger partial charge in [0.25, 0.3) is 5.91 Å². The Bertz CT molecular complexity index is 712. The van der Waals surface area contributed by atoms with Gasteiger partial charge in [-0.2, -0.15) is 5.10 Å². The van der Waals surface area contributed by atoms with Gasteiger partial charge in [0.05, 0.1) is 18.8 Å². The predicted molar refractivity (Wildman–Crippen MR) is 86.3 cm³/mol. The number of rotatable bonds is 3. The molecule has 0 bridgehead atoms. The van der Waals surface area contributed by atoms with Gasteiger partial charge in [-0.3, -0.25) is 14.5 Å².